The van der Waals surface area contributed by atoms with Gasteiger partial charge in [0.05, 0.1) is 24.8 Å². The Morgan fingerprint density at radius 2 is 0.952 bits per heavy atom. The van der Waals surface area contributed by atoms with Crippen LogP contribution in [0.25, 0.3) is 0 Å². The summed E-state index contributed by atoms with van der Waals surface area (Å²) in [6.07, 6.45) is -5.44. The van der Waals surface area contributed by atoms with Gasteiger partial charge in [-0.15, -0.1) is 0 Å². The quantitative estimate of drug-likeness (QED) is 0.243. The van der Waals surface area contributed by atoms with Crippen LogP contribution in [0.3, 0.4) is 0 Å². The molecule has 0 bridgehead atoms. The van der Waals surface area contributed by atoms with E-state index in [0.717, 1.165) is 0 Å². The second kappa shape index (κ2) is 16.4. The van der Waals surface area contributed by atoms with Crippen LogP contribution >= 0.6 is 0 Å². The van der Waals surface area contributed by atoms with E-state index in [1.54, 1.807) is 0 Å². The van der Waals surface area contributed by atoms with Crippen molar-refractivity contribution in [3.63, 3.8) is 0 Å². The smallest absolute Gasteiger partial charge is 0.547 e. The molecule has 0 heterocycles. The molecule has 0 spiro atoms. The van der Waals surface area contributed by atoms with Crippen molar-refractivity contribution >= 4 is 23.9 Å². The van der Waals surface area contributed by atoms with Crippen molar-refractivity contribution in [3.05, 3.63) is 0 Å². The van der Waals surface area contributed by atoms with Crippen LogP contribution in [0.15, 0.2) is 0 Å². The molecular formula is C8H16N2O10Zn. The molecule has 21 heavy (non-hydrogen) atoms. The number of carboxylic acids is 4. The van der Waals surface area contributed by atoms with E-state index in [2.05, 4.69) is 0 Å². The predicted molar refractivity (Wildman–Crippen MR) is 56.6 cm³/mol. The summed E-state index contributed by atoms with van der Waals surface area (Å²) in [5, 5.41) is 51.5. The van der Waals surface area contributed by atoms with E-state index in [-0.39, 0.29) is 31.8 Å². The second-order valence-electron chi connectivity index (χ2n) is 2.87. The van der Waals surface area contributed by atoms with E-state index in [0.29, 0.717) is 0 Å². The van der Waals surface area contributed by atoms with Crippen LogP contribution in [0.5, 0.6) is 0 Å². The number of aliphatic hydroxyl groups is 2. The van der Waals surface area contributed by atoms with Gasteiger partial charge >= 0.3 is 31.4 Å². The third-order valence-electron chi connectivity index (χ3n) is 1.28. The number of carboxylic acid groups (broad SMARTS) is 4. The van der Waals surface area contributed by atoms with Crippen LogP contribution in [0.2, 0.25) is 0 Å². The Labute approximate surface area is 131 Å². The molecule has 0 aliphatic heterocycles. The Morgan fingerprint density at radius 1 is 0.762 bits per heavy atom. The fourth-order valence-corrected chi connectivity index (χ4v) is 0.497. The Balaban J connectivity index is -0.0000000711. The SMILES string of the molecule is N.N.O=C(O)CC(O)C(=O)[O-].O=C(O)CC(O)C(=O)[O-].[Zn+2]. The summed E-state index contributed by atoms with van der Waals surface area (Å²) in [7, 11) is 0. The monoisotopic (exact) mass is 364 g/mol. The predicted octanol–water partition coefficient (Wildman–Crippen LogP) is -4.53. The van der Waals surface area contributed by atoms with Gasteiger partial charge in [-0.25, -0.2) is 0 Å². The van der Waals surface area contributed by atoms with Gasteiger partial charge in [0, 0.05) is 0 Å². The van der Waals surface area contributed by atoms with Crippen molar-refractivity contribution in [2.75, 3.05) is 0 Å². The third kappa shape index (κ3) is 23.8. The zero-order valence-electron chi connectivity index (χ0n) is 10.9. The molecule has 10 N–H and O–H groups in total. The van der Waals surface area contributed by atoms with E-state index in [4.69, 9.17) is 20.4 Å². The summed E-state index contributed by atoms with van der Waals surface area (Å²) in [4.78, 5) is 38.5. The zero-order chi connectivity index (χ0) is 14.9. The van der Waals surface area contributed by atoms with Crippen LogP contribution in [0, 0.1) is 0 Å². The first-order valence-corrected chi connectivity index (χ1v) is 4.29. The first kappa shape index (κ1) is 31.6. The average Bonchev–Trinajstić information content (AvgIpc) is 2.16. The van der Waals surface area contributed by atoms with Gasteiger partial charge < -0.3 is 52.5 Å². The molecule has 0 aromatic carbocycles. The maximum absolute atomic E-state index is 9.66. The molecule has 0 aliphatic rings. The van der Waals surface area contributed by atoms with Gasteiger partial charge in [0.15, 0.2) is 0 Å². The van der Waals surface area contributed by atoms with Crippen molar-refractivity contribution in [2.45, 2.75) is 25.0 Å². The molecule has 0 amide bonds. The Kier molecular flexibility index (Phi) is 24.7. The van der Waals surface area contributed by atoms with Gasteiger partial charge in [0.1, 0.15) is 12.2 Å². The summed E-state index contributed by atoms with van der Waals surface area (Å²) >= 11 is 0. The van der Waals surface area contributed by atoms with Gasteiger partial charge in [0.25, 0.3) is 0 Å². The van der Waals surface area contributed by atoms with Crippen LogP contribution in [-0.2, 0) is 38.7 Å². The van der Waals surface area contributed by atoms with E-state index in [9.17, 15) is 29.4 Å². The van der Waals surface area contributed by atoms with E-state index in [1.807, 2.05) is 0 Å². The maximum atomic E-state index is 9.66. The molecule has 2 unspecified atom stereocenters. The molecule has 0 saturated heterocycles. The fourth-order valence-electron chi connectivity index (χ4n) is 0.497. The minimum atomic E-state index is -1.90. The molecule has 0 saturated carbocycles. The van der Waals surface area contributed by atoms with Gasteiger partial charge in [-0.3, -0.25) is 9.59 Å². The van der Waals surface area contributed by atoms with E-state index < -0.39 is 48.9 Å². The van der Waals surface area contributed by atoms with Crippen LogP contribution in [0.4, 0.5) is 0 Å². The molecular weight excluding hydrogens is 349 g/mol. The minimum Gasteiger partial charge on any atom is -0.547 e. The first-order chi connectivity index (χ1) is 8.07. The molecule has 12 nitrogen and oxygen atoms in total. The Hall–Kier alpha value is -1.66. The minimum absolute atomic E-state index is 0. The van der Waals surface area contributed by atoms with Crippen LogP contribution in [0.1, 0.15) is 12.8 Å². The van der Waals surface area contributed by atoms with Crippen LogP contribution in [-0.4, -0.2) is 56.5 Å². The zero-order valence-corrected chi connectivity index (χ0v) is 13.9. The summed E-state index contributed by atoms with van der Waals surface area (Å²) in [5.41, 5.74) is 0. The molecule has 0 radical (unpaired) electrons. The summed E-state index contributed by atoms with van der Waals surface area (Å²) in [6.45, 7) is 0. The van der Waals surface area contributed by atoms with Crippen molar-refractivity contribution in [1.82, 2.24) is 12.3 Å². The molecule has 120 valence electrons. The Bertz CT molecular complexity index is 305. The molecule has 13 heteroatoms. The number of carbonyl (C=O) groups excluding carboxylic acids is 2. The fraction of sp³-hybridized carbons (Fsp3) is 0.500. The van der Waals surface area contributed by atoms with E-state index in [1.165, 1.54) is 0 Å². The third-order valence-corrected chi connectivity index (χ3v) is 1.28. The van der Waals surface area contributed by atoms with Crippen molar-refractivity contribution in [2.24, 2.45) is 0 Å². The number of aliphatic hydroxyl groups excluding tert-OH is 2. The van der Waals surface area contributed by atoms with Gasteiger partial charge in [-0.1, -0.05) is 0 Å². The molecule has 0 rings (SSSR count). The first-order valence-electron chi connectivity index (χ1n) is 4.29. The second-order valence-corrected chi connectivity index (χ2v) is 2.87. The summed E-state index contributed by atoms with van der Waals surface area (Å²) in [6, 6.07) is 0. The number of hydrogen-bond acceptors (Lipinski definition) is 10. The standard InChI is InChI=1S/2C4H6O5.2H3N.Zn/c2*5-2(4(8)9)1-3(6)7;;;/h2*2,5H,1H2,(H,6,7)(H,8,9);2*1H3;/q;;;;+2/p-2. The van der Waals surface area contributed by atoms with Gasteiger partial charge in [-0.2, -0.15) is 0 Å². The number of aliphatic carboxylic acids is 4. The average molecular weight is 366 g/mol. The van der Waals surface area contributed by atoms with Crippen molar-refractivity contribution < 1.29 is 69.3 Å². The van der Waals surface area contributed by atoms with Crippen molar-refractivity contribution in [1.29, 1.82) is 0 Å². The molecule has 2 atom stereocenters. The molecule has 0 fully saturated rings. The number of rotatable bonds is 6. The van der Waals surface area contributed by atoms with Gasteiger partial charge in [0.2, 0.25) is 0 Å². The summed E-state index contributed by atoms with van der Waals surface area (Å²) in [5.74, 6) is -6.27. The van der Waals surface area contributed by atoms with Crippen LogP contribution < -0.4 is 22.5 Å². The molecule has 0 aromatic rings. The molecule has 0 aliphatic carbocycles. The summed E-state index contributed by atoms with van der Waals surface area (Å²) < 4.78 is 0. The number of hydrogen-bond donors (Lipinski definition) is 6. The normalized spacial score (nSPS) is 10.8. The largest absolute Gasteiger partial charge is 2.00 e. The van der Waals surface area contributed by atoms with Gasteiger partial charge in [-0.05, 0) is 0 Å². The number of carbonyl (C=O) groups is 4. The van der Waals surface area contributed by atoms with E-state index >= 15 is 0 Å². The van der Waals surface area contributed by atoms with Crippen molar-refractivity contribution in [3.8, 4) is 0 Å². The maximum Gasteiger partial charge on any atom is 2.00 e. The molecule has 0 aromatic heterocycles. The topological polar surface area (TPSA) is 265 Å². The Morgan fingerprint density at radius 3 is 1.00 bits per heavy atom.